The van der Waals surface area contributed by atoms with Crippen LogP contribution in [-0.4, -0.2) is 79.1 Å². The summed E-state index contributed by atoms with van der Waals surface area (Å²) in [5, 5.41) is 15.7. The van der Waals surface area contributed by atoms with Crippen LogP contribution in [0.15, 0.2) is 36.4 Å². The number of para-hydroxylation sites is 1. The number of rotatable bonds is 8. The van der Waals surface area contributed by atoms with Crippen LogP contribution in [0, 0.1) is 11.8 Å². The molecule has 2 aliphatic heterocycles. The number of carbonyl (C=O) groups is 2. The molecule has 3 amide bonds. The van der Waals surface area contributed by atoms with Gasteiger partial charge in [0.1, 0.15) is 6.10 Å². The Labute approximate surface area is 241 Å². The molecule has 0 bridgehead atoms. The zero-order valence-corrected chi connectivity index (χ0v) is 24.2. The highest BCUT2D eigenvalue weighted by Crippen LogP contribution is 2.36. The van der Waals surface area contributed by atoms with E-state index in [2.05, 4.69) is 29.5 Å². The van der Waals surface area contributed by atoms with Crippen molar-refractivity contribution in [3.63, 3.8) is 0 Å². The fraction of sp³-hybridized carbons (Fsp3) is 0.548. The molecule has 222 valence electrons. The number of hydrogen-bond acceptors (Lipinski definition) is 7. The van der Waals surface area contributed by atoms with E-state index in [1.807, 2.05) is 6.92 Å². The monoisotopic (exact) mass is 566 g/mol. The van der Waals surface area contributed by atoms with Crippen LogP contribution in [0.25, 0.3) is 0 Å². The molecule has 0 radical (unpaired) electrons. The van der Waals surface area contributed by atoms with Gasteiger partial charge in [0.2, 0.25) is 6.79 Å². The Bertz CT molecular complexity index is 1230. The maximum atomic E-state index is 13.7. The van der Waals surface area contributed by atoms with Gasteiger partial charge >= 0.3 is 6.03 Å². The lowest BCUT2D eigenvalue weighted by atomic mass is 9.89. The molecule has 3 aliphatic rings. The molecule has 10 heteroatoms. The Morgan fingerprint density at radius 3 is 2.66 bits per heavy atom. The Kier molecular flexibility index (Phi) is 9.19. The Balaban J connectivity index is 1.38. The van der Waals surface area contributed by atoms with E-state index in [1.54, 1.807) is 41.3 Å². The number of amides is 3. The molecule has 0 aromatic heterocycles. The van der Waals surface area contributed by atoms with Crippen molar-refractivity contribution in [1.29, 1.82) is 0 Å². The van der Waals surface area contributed by atoms with Crippen molar-refractivity contribution >= 4 is 23.3 Å². The van der Waals surface area contributed by atoms with Crippen LogP contribution in [0.3, 0.4) is 0 Å². The zero-order chi connectivity index (χ0) is 28.9. The maximum absolute atomic E-state index is 13.7. The predicted molar refractivity (Wildman–Crippen MR) is 157 cm³/mol. The third kappa shape index (κ3) is 6.87. The number of ether oxygens (including phenoxy) is 3. The highest BCUT2D eigenvalue weighted by atomic mass is 16.7. The first-order chi connectivity index (χ1) is 19.8. The first-order valence-electron chi connectivity index (χ1n) is 14.7. The van der Waals surface area contributed by atoms with Crippen molar-refractivity contribution in [1.82, 2.24) is 9.80 Å². The summed E-state index contributed by atoms with van der Waals surface area (Å²) in [5.74, 6) is 1.98. The number of anilines is 2. The molecular formula is C31H42N4O6. The SMILES string of the molecule is C[C@H](CO)N1C[C@H](C)[C@H](CN(C)CC2CCCCC2)Oc2c(NC(=O)Nc3ccc4c(c3)OCO4)cccc2C1=O. The number of hydrogen-bond donors (Lipinski definition) is 3. The van der Waals surface area contributed by atoms with Gasteiger partial charge in [-0.3, -0.25) is 4.79 Å². The molecule has 3 N–H and O–H groups in total. The minimum absolute atomic E-state index is 0.00887. The lowest BCUT2D eigenvalue weighted by Gasteiger charge is -2.39. The second-order valence-electron chi connectivity index (χ2n) is 11.7. The van der Waals surface area contributed by atoms with Gasteiger partial charge in [0, 0.05) is 37.3 Å². The van der Waals surface area contributed by atoms with Crippen LogP contribution >= 0.6 is 0 Å². The molecule has 2 heterocycles. The summed E-state index contributed by atoms with van der Waals surface area (Å²) in [6.07, 6.45) is 6.20. The highest BCUT2D eigenvalue weighted by Gasteiger charge is 2.35. The van der Waals surface area contributed by atoms with E-state index < -0.39 is 6.03 Å². The second kappa shape index (κ2) is 13.0. The van der Waals surface area contributed by atoms with Crippen LogP contribution in [0.2, 0.25) is 0 Å². The van der Waals surface area contributed by atoms with Crippen molar-refractivity contribution in [2.24, 2.45) is 11.8 Å². The fourth-order valence-electron chi connectivity index (χ4n) is 6.01. The van der Waals surface area contributed by atoms with Gasteiger partial charge < -0.3 is 39.8 Å². The van der Waals surface area contributed by atoms with E-state index in [9.17, 15) is 14.7 Å². The minimum Gasteiger partial charge on any atom is -0.486 e. The molecule has 1 fully saturated rings. The third-order valence-electron chi connectivity index (χ3n) is 8.36. The first kappa shape index (κ1) is 29.0. The molecule has 3 atom stereocenters. The number of benzene rings is 2. The van der Waals surface area contributed by atoms with Crippen LogP contribution in [0.4, 0.5) is 16.2 Å². The summed E-state index contributed by atoms with van der Waals surface area (Å²) >= 11 is 0. The van der Waals surface area contributed by atoms with E-state index in [4.69, 9.17) is 14.2 Å². The summed E-state index contributed by atoms with van der Waals surface area (Å²) in [7, 11) is 2.13. The van der Waals surface area contributed by atoms with Crippen LogP contribution in [0.1, 0.15) is 56.3 Å². The lowest BCUT2D eigenvalue weighted by Crippen LogP contribution is -2.50. The molecule has 41 heavy (non-hydrogen) atoms. The standard InChI is InChI=1S/C31H42N4O6/c1-20-15-35(21(2)18-36)30(37)24-10-7-11-25(33-31(38)32-23-12-13-26-27(14-23)40-19-39-26)29(24)41-28(20)17-34(3)16-22-8-5-4-6-9-22/h7,10-14,20-22,28,36H,4-6,8-9,15-19H2,1-3H3,(H2,32,33,38)/t20-,21+,28-/m0/s1. The molecule has 5 rings (SSSR count). The van der Waals surface area contributed by atoms with E-state index in [0.717, 1.165) is 6.54 Å². The number of aliphatic hydroxyl groups is 1. The van der Waals surface area contributed by atoms with Gasteiger partial charge in [-0.05, 0) is 57.0 Å². The number of carbonyl (C=O) groups excluding carboxylic acids is 2. The average Bonchev–Trinajstić information content (AvgIpc) is 3.43. The molecule has 2 aromatic carbocycles. The first-order valence-corrected chi connectivity index (χ1v) is 14.7. The van der Waals surface area contributed by atoms with E-state index in [0.29, 0.717) is 53.2 Å². The van der Waals surface area contributed by atoms with E-state index >= 15 is 0 Å². The fourth-order valence-corrected chi connectivity index (χ4v) is 6.01. The Morgan fingerprint density at radius 2 is 1.88 bits per heavy atom. The molecule has 0 spiro atoms. The summed E-state index contributed by atoms with van der Waals surface area (Å²) in [6.45, 7) is 6.08. The summed E-state index contributed by atoms with van der Waals surface area (Å²) in [5.41, 5.74) is 1.30. The quantitative estimate of drug-likeness (QED) is 0.421. The normalized spacial score (nSPS) is 21.5. The van der Waals surface area contributed by atoms with Crippen LogP contribution in [-0.2, 0) is 0 Å². The van der Waals surface area contributed by atoms with Gasteiger partial charge in [0.05, 0.1) is 23.9 Å². The van der Waals surface area contributed by atoms with E-state index in [-0.39, 0.29) is 37.4 Å². The summed E-state index contributed by atoms with van der Waals surface area (Å²) in [6, 6.07) is 9.52. The number of likely N-dealkylation sites (N-methyl/N-ethyl adjacent to an activating group) is 1. The molecule has 0 unspecified atom stereocenters. The maximum Gasteiger partial charge on any atom is 0.323 e. The summed E-state index contributed by atoms with van der Waals surface area (Å²) < 4.78 is 17.4. The topological polar surface area (TPSA) is 113 Å². The van der Waals surface area contributed by atoms with Gasteiger partial charge in [-0.15, -0.1) is 0 Å². The molecule has 10 nitrogen and oxygen atoms in total. The van der Waals surface area contributed by atoms with Crippen molar-refractivity contribution in [2.45, 2.75) is 58.1 Å². The Morgan fingerprint density at radius 1 is 1.10 bits per heavy atom. The number of aliphatic hydroxyl groups excluding tert-OH is 1. The van der Waals surface area contributed by atoms with Gasteiger partial charge in [-0.1, -0.05) is 32.3 Å². The number of nitrogens with one attached hydrogen (secondary N) is 2. The molecule has 0 saturated heterocycles. The largest absolute Gasteiger partial charge is 0.486 e. The van der Waals surface area contributed by atoms with Crippen molar-refractivity contribution < 1.29 is 28.9 Å². The molecule has 2 aromatic rings. The van der Waals surface area contributed by atoms with Crippen LogP contribution < -0.4 is 24.8 Å². The van der Waals surface area contributed by atoms with Gasteiger partial charge in [0.15, 0.2) is 17.2 Å². The van der Waals surface area contributed by atoms with E-state index in [1.165, 1.54) is 32.1 Å². The summed E-state index contributed by atoms with van der Waals surface area (Å²) in [4.78, 5) is 30.9. The number of urea groups is 1. The molecule has 1 aliphatic carbocycles. The van der Waals surface area contributed by atoms with Gasteiger partial charge in [-0.25, -0.2) is 4.79 Å². The van der Waals surface area contributed by atoms with Crippen LogP contribution in [0.5, 0.6) is 17.2 Å². The van der Waals surface area contributed by atoms with Crippen molar-refractivity contribution in [2.75, 3.05) is 50.7 Å². The Hall–Kier alpha value is -3.50. The molecular weight excluding hydrogens is 524 g/mol. The van der Waals surface area contributed by atoms with Crippen molar-refractivity contribution in [3.8, 4) is 17.2 Å². The lowest BCUT2D eigenvalue weighted by molar-refractivity contribution is 0.0333. The predicted octanol–water partition coefficient (Wildman–Crippen LogP) is 4.79. The number of nitrogens with zero attached hydrogens (tertiary/aromatic N) is 2. The highest BCUT2D eigenvalue weighted by molar-refractivity contribution is 6.04. The zero-order valence-electron chi connectivity index (χ0n) is 24.2. The number of fused-ring (bicyclic) bond motifs is 2. The molecule has 1 saturated carbocycles. The van der Waals surface area contributed by atoms with Crippen molar-refractivity contribution in [3.05, 3.63) is 42.0 Å². The second-order valence-corrected chi connectivity index (χ2v) is 11.7. The van der Waals surface area contributed by atoms with Gasteiger partial charge in [0.25, 0.3) is 5.91 Å². The third-order valence-corrected chi connectivity index (χ3v) is 8.36. The smallest absolute Gasteiger partial charge is 0.323 e. The minimum atomic E-state index is -0.477. The average molecular weight is 567 g/mol. The van der Waals surface area contributed by atoms with Gasteiger partial charge in [-0.2, -0.15) is 0 Å².